The number of piperidine rings is 1. The lowest BCUT2D eigenvalue weighted by Gasteiger charge is -2.28. The van der Waals surface area contributed by atoms with Crippen LogP contribution < -0.4 is 26.9 Å². The van der Waals surface area contributed by atoms with Crippen molar-refractivity contribution < 1.29 is 33.1 Å². The fourth-order valence-corrected chi connectivity index (χ4v) is 6.28. The van der Waals surface area contributed by atoms with Gasteiger partial charge in [-0.1, -0.05) is 62.7 Å². The molecule has 13 heteroatoms. The molecular weight excluding hydrogens is 690 g/mol. The fraction of sp³-hybridized carbons (Fsp3) is 0.390. The molecule has 1 aliphatic rings. The van der Waals surface area contributed by atoms with Crippen LogP contribution >= 0.6 is 0 Å². The maximum Gasteiger partial charge on any atom is 0.411 e. The number of alkyl carbamates (subject to hydrolysis) is 1. The van der Waals surface area contributed by atoms with Crippen LogP contribution in [0.15, 0.2) is 88.1 Å². The van der Waals surface area contributed by atoms with Crippen molar-refractivity contribution in [3.8, 4) is 0 Å². The van der Waals surface area contributed by atoms with Gasteiger partial charge in [0.1, 0.15) is 30.9 Å². The van der Waals surface area contributed by atoms with E-state index in [0.29, 0.717) is 35.4 Å². The molecule has 4 N–H and O–H groups in total. The summed E-state index contributed by atoms with van der Waals surface area (Å²) in [6.07, 6.45) is 3.21. The van der Waals surface area contributed by atoms with Crippen LogP contribution in [0, 0.1) is 12.8 Å². The number of carbonyl (C=O) groups is 4. The highest BCUT2D eigenvalue weighted by Crippen LogP contribution is 2.21. The van der Waals surface area contributed by atoms with Crippen molar-refractivity contribution in [2.75, 3.05) is 30.3 Å². The van der Waals surface area contributed by atoms with Gasteiger partial charge in [0.2, 0.25) is 11.8 Å². The summed E-state index contributed by atoms with van der Waals surface area (Å²) in [6.45, 7) is 8.32. The van der Waals surface area contributed by atoms with Gasteiger partial charge >= 0.3 is 17.8 Å². The maximum absolute atomic E-state index is 13.6. The quantitative estimate of drug-likeness (QED) is 0.0997. The molecule has 2 heterocycles. The van der Waals surface area contributed by atoms with E-state index >= 15 is 0 Å². The van der Waals surface area contributed by atoms with Crippen LogP contribution in [0.4, 0.5) is 21.0 Å². The van der Waals surface area contributed by atoms with Crippen molar-refractivity contribution in [1.29, 1.82) is 0 Å². The highest BCUT2D eigenvalue weighted by molar-refractivity contribution is 5.98. The lowest BCUT2D eigenvalue weighted by Crippen LogP contribution is -2.54. The van der Waals surface area contributed by atoms with Gasteiger partial charge in [0.15, 0.2) is 0 Å². The lowest BCUT2D eigenvalue weighted by molar-refractivity contribution is -0.128. The minimum atomic E-state index is -0.923. The van der Waals surface area contributed by atoms with E-state index < -0.39 is 35.8 Å². The van der Waals surface area contributed by atoms with Gasteiger partial charge < -0.3 is 34.7 Å². The van der Waals surface area contributed by atoms with Gasteiger partial charge in [0.05, 0.1) is 0 Å². The van der Waals surface area contributed by atoms with Crippen LogP contribution in [-0.4, -0.2) is 60.6 Å². The number of benzene rings is 3. The predicted molar refractivity (Wildman–Crippen MR) is 206 cm³/mol. The molecule has 1 saturated heterocycles. The molecule has 0 saturated carbocycles. The Morgan fingerprint density at radius 2 is 1.43 bits per heavy atom. The van der Waals surface area contributed by atoms with E-state index in [9.17, 15) is 24.0 Å². The Hall–Kier alpha value is -5.69. The number of fused-ring (bicyclic) bond motifs is 1. The highest BCUT2D eigenvalue weighted by atomic mass is 16.6. The molecule has 2 atom stereocenters. The third kappa shape index (κ3) is 11.9. The van der Waals surface area contributed by atoms with E-state index in [1.165, 1.54) is 12.5 Å². The maximum atomic E-state index is 13.6. The Labute approximate surface area is 314 Å². The monoisotopic (exact) mass is 739 g/mol. The minimum absolute atomic E-state index is 0.0333. The largest absolute Gasteiger partial charge is 0.445 e. The molecule has 4 aromatic rings. The molecule has 286 valence electrons. The van der Waals surface area contributed by atoms with Crippen molar-refractivity contribution in [3.63, 3.8) is 0 Å². The van der Waals surface area contributed by atoms with Gasteiger partial charge in [-0.05, 0) is 99.1 Å². The van der Waals surface area contributed by atoms with Crippen molar-refractivity contribution in [1.82, 2.24) is 15.5 Å². The number of anilines is 2. The first-order valence-corrected chi connectivity index (χ1v) is 18.4. The second kappa shape index (κ2) is 19.4. The number of rotatable bonds is 15. The number of amides is 4. The van der Waals surface area contributed by atoms with Gasteiger partial charge in [0, 0.05) is 28.9 Å². The van der Waals surface area contributed by atoms with Crippen LogP contribution in [0.25, 0.3) is 11.0 Å². The summed E-state index contributed by atoms with van der Waals surface area (Å²) in [4.78, 5) is 66.5. The molecule has 0 spiro atoms. The average Bonchev–Trinajstić information content (AvgIpc) is 3.16. The number of carbonyl (C=O) groups excluding carboxylic acids is 4. The average molecular weight is 740 g/mol. The zero-order chi connectivity index (χ0) is 38.5. The summed E-state index contributed by atoms with van der Waals surface area (Å²) >= 11 is 0. The van der Waals surface area contributed by atoms with Crippen molar-refractivity contribution in [2.24, 2.45) is 5.92 Å². The Bertz CT molecular complexity index is 1940. The molecule has 0 aliphatic carbocycles. The highest BCUT2D eigenvalue weighted by Gasteiger charge is 2.29. The number of likely N-dealkylation sites (tertiary alicyclic amines) is 1. The zero-order valence-corrected chi connectivity index (χ0v) is 31.0. The summed E-state index contributed by atoms with van der Waals surface area (Å²) in [5.41, 5.74) is 3.07. The van der Waals surface area contributed by atoms with Crippen LogP contribution in [-0.2, 0) is 32.3 Å². The summed E-state index contributed by atoms with van der Waals surface area (Å²) in [6, 6.07) is 20.7. The van der Waals surface area contributed by atoms with Gasteiger partial charge in [0.25, 0.3) is 0 Å². The molecule has 1 fully saturated rings. The summed E-state index contributed by atoms with van der Waals surface area (Å²) in [5.74, 6) is -1.14. The fourth-order valence-electron chi connectivity index (χ4n) is 6.28. The second-order valence-corrected chi connectivity index (χ2v) is 13.9. The molecule has 13 nitrogen and oxygen atoms in total. The predicted octanol–water partition coefficient (Wildman–Crippen LogP) is 6.49. The molecule has 3 aromatic carbocycles. The third-order valence-corrected chi connectivity index (χ3v) is 9.27. The van der Waals surface area contributed by atoms with Crippen molar-refractivity contribution in [3.05, 3.63) is 106 Å². The van der Waals surface area contributed by atoms with E-state index in [2.05, 4.69) is 26.2 Å². The van der Waals surface area contributed by atoms with Crippen LogP contribution in [0.1, 0.15) is 62.6 Å². The first kappa shape index (κ1) is 39.5. The lowest BCUT2D eigenvalue weighted by atomic mass is 10.0. The van der Waals surface area contributed by atoms with Gasteiger partial charge in [-0.15, -0.1) is 0 Å². The summed E-state index contributed by atoms with van der Waals surface area (Å²) in [5, 5.41) is 11.9. The number of nitrogens with zero attached hydrogens (tertiary/aromatic N) is 1. The SMILES string of the molecule is Cc1cc(=O)oc2cc(NC(=O)OCc3ccc(NC(=O)[C@H](CCCN4CCCCC4)NC(=O)C(NC(=O)OCc4ccccc4)C(C)C)cc3)ccc12. The Kier molecular flexibility index (Phi) is 14.2. The number of hydrogen-bond acceptors (Lipinski definition) is 9. The molecule has 1 aromatic heterocycles. The van der Waals surface area contributed by atoms with E-state index in [-0.39, 0.29) is 25.0 Å². The Balaban J connectivity index is 1.16. The molecular formula is C41H49N5O8. The van der Waals surface area contributed by atoms with Gasteiger partial charge in [-0.25, -0.2) is 14.4 Å². The normalized spacial score (nSPS) is 14.1. The first-order chi connectivity index (χ1) is 26.0. The molecule has 0 bridgehead atoms. The van der Waals surface area contributed by atoms with Crippen LogP contribution in [0.3, 0.4) is 0 Å². The summed E-state index contributed by atoms with van der Waals surface area (Å²) < 4.78 is 16.0. The van der Waals surface area contributed by atoms with Gasteiger partial charge in [-0.3, -0.25) is 14.9 Å². The van der Waals surface area contributed by atoms with E-state index in [1.54, 1.807) is 42.5 Å². The Morgan fingerprint density at radius 3 is 2.13 bits per heavy atom. The Morgan fingerprint density at radius 1 is 0.759 bits per heavy atom. The number of hydrogen-bond donors (Lipinski definition) is 4. The van der Waals surface area contributed by atoms with Crippen molar-refractivity contribution in [2.45, 2.75) is 78.2 Å². The molecule has 1 unspecified atom stereocenters. The van der Waals surface area contributed by atoms with Crippen molar-refractivity contribution >= 4 is 46.3 Å². The second-order valence-electron chi connectivity index (χ2n) is 13.9. The number of ether oxygens (including phenoxy) is 2. The standard InChI is InChI=1S/C41H49N5O8/c1-27(2)37(45-41(51)53-25-29-11-6-4-7-12-29)39(49)44-34(13-10-22-46-20-8-5-9-21-46)38(48)42-31-16-14-30(15-17-31)26-52-40(50)43-32-18-19-33-28(3)23-36(47)54-35(33)24-32/h4,6-7,11-12,14-19,23-24,27,34,37H,5,8-10,13,20-22,25-26H2,1-3H3,(H,42,48)(H,43,50)(H,44,49)(H,45,51)/t34-,37?/m0/s1. The molecule has 54 heavy (non-hydrogen) atoms. The smallest absolute Gasteiger partial charge is 0.411 e. The zero-order valence-electron chi connectivity index (χ0n) is 31.0. The molecule has 4 amide bonds. The molecule has 1 aliphatic heterocycles. The van der Waals surface area contributed by atoms with E-state index in [0.717, 1.165) is 49.0 Å². The van der Waals surface area contributed by atoms with Crippen LogP contribution in [0.5, 0.6) is 0 Å². The molecule has 0 radical (unpaired) electrons. The number of nitrogens with one attached hydrogen (secondary N) is 4. The van der Waals surface area contributed by atoms with Crippen LogP contribution in [0.2, 0.25) is 0 Å². The van der Waals surface area contributed by atoms with E-state index in [1.807, 2.05) is 51.1 Å². The summed E-state index contributed by atoms with van der Waals surface area (Å²) in [7, 11) is 0. The van der Waals surface area contributed by atoms with Gasteiger partial charge in [-0.2, -0.15) is 0 Å². The molecule has 5 rings (SSSR count). The topological polar surface area (TPSA) is 168 Å². The third-order valence-electron chi connectivity index (χ3n) is 9.27. The number of aryl methyl sites for hydroxylation is 1. The van der Waals surface area contributed by atoms with E-state index in [4.69, 9.17) is 13.9 Å². The first-order valence-electron chi connectivity index (χ1n) is 18.4. The minimum Gasteiger partial charge on any atom is -0.445 e.